The van der Waals surface area contributed by atoms with Crippen LogP contribution in [0.25, 0.3) is 0 Å². The fraction of sp³-hybridized carbons (Fsp3) is 0. The molecule has 2 aromatic rings. The van der Waals surface area contributed by atoms with Crippen LogP contribution in [0.4, 0.5) is 4.39 Å². The first kappa shape index (κ1) is 14.1. The van der Waals surface area contributed by atoms with Gasteiger partial charge in [0.1, 0.15) is 10.7 Å². The lowest BCUT2D eigenvalue weighted by atomic mass is 10.2. The molecule has 0 heterocycles. The van der Waals surface area contributed by atoms with E-state index in [9.17, 15) is 4.39 Å². The largest absolute Gasteiger partial charge is 0.453 e. The molecule has 2 N–H and O–H groups in total. The zero-order valence-corrected chi connectivity index (χ0v) is 11.8. The molecule has 0 aliphatic rings. The molecule has 0 saturated carbocycles. The first-order chi connectivity index (χ1) is 8.99. The summed E-state index contributed by atoms with van der Waals surface area (Å²) >= 11 is 16.4. The van der Waals surface area contributed by atoms with Crippen molar-refractivity contribution in [3.8, 4) is 11.5 Å². The Balaban J connectivity index is 2.44. The van der Waals surface area contributed by atoms with E-state index in [4.69, 9.17) is 45.9 Å². The van der Waals surface area contributed by atoms with E-state index in [-0.39, 0.29) is 15.8 Å². The lowest BCUT2D eigenvalue weighted by Crippen LogP contribution is -2.10. The first-order valence-electron chi connectivity index (χ1n) is 5.20. The van der Waals surface area contributed by atoms with Gasteiger partial charge >= 0.3 is 0 Å². The molecule has 0 spiro atoms. The maximum atomic E-state index is 13.8. The van der Waals surface area contributed by atoms with Crippen molar-refractivity contribution in [2.75, 3.05) is 0 Å². The fourth-order valence-corrected chi connectivity index (χ4v) is 1.96. The van der Waals surface area contributed by atoms with Crippen molar-refractivity contribution in [1.29, 1.82) is 0 Å². The smallest absolute Gasteiger partial charge is 0.184 e. The average molecular weight is 316 g/mol. The number of nitrogens with two attached hydrogens (primary N) is 1. The summed E-state index contributed by atoms with van der Waals surface area (Å²) in [6, 6.07) is 9.19. The summed E-state index contributed by atoms with van der Waals surface area (Å²) in [5.74, 6) is -0.335. The van der Waals surface area contributed by atoms with Gasteiger partial charge in [-0.1, -0.05) is 41.5 Å². The Morgan fingerprint density at radius 1 is 1.16 bits per heavy atom. The number of hydrogen-bond acceptors (Lipinski definition) is 2. The lowest BCUT2D eigenvalue weighted by molar-refractivity contribution is 0.442. The summed E-state index contributed by atoms with van der Waals surface area (Å²) in [5.41, 5.74) is 6.01. The topological polar surface area (TPSA) is 35.2 Å². The predicted molar refractivity (Wildman–Crippen MR) is 78.8 cm³/mol. The molecular formula is C13H8Cl2FNOS. The minimum Gasteiger partial charge on any atom is -0.453 e. The number of thiocarbonyl (C=S) groups is 1. The van der Waals surface area contributed by atoms with E-state index < -0.39 is 5.82 Å². The Labute approximate surface area is 124 Å². The molecule has 2 rings (SSSR count). The van der Waals surface area contributed by atoms with E-state index in [2.05, 4.69) is 0 Å². The molecule has 98 valence electrons. The molecule has 2 aromatic carbocycles. The maximum Gasteiger partial charge on any atom is 0.184 e. The second-order valence-electron chi connectivity index (χ2n) is 3.66. The van der Waals surface area contributed by atoms with Crippen LogP contribution in [0.2, 0.25) is 10.0 Å². The number of benzene rings is 2. The Morgan fingerprint density at radius 3 is 2.58 bits per heavy atom. The third-order valence-corrected chi connectivity index (χ3v) is 3.09. The minimum atomic E-state index is -0.645. The minimum absolute atomic E-state index is 0.00711. The van der Waals surface area contributed by atoms with Crippen molar-refractivity contribution >= 4 is 40.4 Å². The summed E-state index contributed by atoms with van der Waals surface area (Å²) in [4.78, 5) is 0.111. The SMILES string of the molecule is NC(=S)c1cc(Cl)ccc1Oc1cccc(Cl)c1F. The molecule has 0 aliphatic carbocycles. The van der Waals surface area contributed by atoms with Crippen molar-refractivity contribution in [2.45, 2.75) is 0 Å². The molecule has 0 radical (unpaired) electrons. The fourth-order valence-electron chi connectivity index (χ4n) is 1.47. The lowest BCUT2D eigenvalue weighted by Gasteiger charge is -2.11. The van der Waals surface area contributed by atoms with Gasteiger partial charge in [0.25, 0.3) is 0 Å². The van der Waals surface area contributed by atoms with Crippen molar-refractivity contribution in [2.24, 2.45) is 5.73 Å². The second kappa shape index (κ2) is 5.74. The highest BCUT2D eigenvalue weighted by Gasteiger charge is 2.12. The molecule has 0 unspecified atom stereocenters. The van der Waals surface area contributed by atoms with Gasteiger partial charge in [-0.05, 0) is 30.3 Å². The van der Waals surface area contributed by atoms with Crippen LogP contribution in [0.5, 0.6) is 11.5 Å². The Hall–Kier alpha value is -1.36. The molecule has 19 heavy (non-hydrogen) atoms. The standard InChI is InChI=1S/C13H8Cl2FNOS/c14-7-4-5-10(8(6-7)13(17)19)18-11-3-1-2-9(15)12(11)16/h1-6H,(H2,17,19). The highest BCUT2D eigenvalue weighted by atomic mass is 35.5. The van der Waals surface area contributed by atoms with Crippen LogP contribution in [0.1, 0.15) is 5.56 Å². The molecule has 0 bridgehead atoms. The molecule has 0 aliphatic heterocycles. The third-order valence-electron chi connectivity index (χ3n) is 2.34. The Morgan fingerprint density at radius 2 is 1.89 bits per heavy atom. The van der Waals surface area contributed by atoms with E-state index in [0.717, 1.165) is 0 Å². The first-order valence-corrected chi connectivity index (χ1v) is 6.36. The van der Waals surface area contributed by atoms with Gasteiger partial charge < -0.3 is 10.5 Å². The molecule has 0 fully saturated rings. The van der Waals surface area contributed by atoms with E-state index in [0.29, 0.717) is 16.3 Å². The van der Waals surface area contributed by atoms with Gasteiger partial charge in [-0.3, -0.25) is 0 Å². The van der Waals surface area contributed by atoms with Gasteiger partial charge in [0.05, 0.1) is 10.6 Å². The predicted octanol–water partition coefficient (Wildman–Crippen LogP) is 4.56. The number of halogens is 3. The van der Waals surface area contributed by atoms with Crippen molar-refractivity contribution in [3.05, 3.63) is 57.8 Å². The molecule has 0 amide bonds. The highest BCUT2D eigenvalue weighted by Crippen LogP contribution is 2.31. The number of rotatable bonds is 3. The van der Waals surface area contributed by atoms with Gasteiger partial charge in [0.2, 0.25) is 0 Å². The van der Waals surface area contributed by atoms with Crippen LogP contribution in [0.15, 0.2) is 36.4 Å². The maximum absolute atomic E-state index is 13.8. The average Bonchev–Trinajstić information content (AvgIpc) is 2.36. The molecule has 2 nitrogen and oxygen atoms in total. The van der Waals surface area contributed by atoms with Crippen molar-refractivity contribution < 1.29 is 9.13 Å². The van der Waals surface area contributed by atoms with E-state index in [1.165, 1.54) is 12.1 Å². The second-order valence-corrected chi connectivity index (χ2v) is 4.94. The summed E-state index contributed by atoms with van der Waals surface area (Å²) in [7, 11) is 0. The van der Waals surface area contributed by atoms with Gasteiger partial charge in [0.15, 0.2) is 11.6 Å². The van der Waals surface area contributed by atoms with Crippen molar-refractivity contribution in [1.82, 2.24) is 0 Å². The summed E-state index contributed by atoms with van der Waals surface area (Å²) < 4.78 is 19.2. The molecule has 0 saturated heterocycles. The van der Waals surface area contributed by atoms with Crippen LogP contribution in [0.3, 0.4) is 0 Å². The highest BCUT2D eigenvalue weighted by molar-refractivity contribution is 7.80. The molecule has 6 heteroatoms. The van der Waals surface area contributed by atoms with E-state index >= 15 is 0 Å². The summed E-state index contributed by atoms with van der Waals surface area (Å²) in [5, 5.41) is 0.435. The van der Waals surface area contributed by atoms with Crippen LogP contribution in [-0.4, -0.2) is 4.99 Å². The van der Waals surface area contributed by atoms with Crippen LogP contribution in [0, 0.1) is 5.82 Å². The monoisotopic (exact) mass is 315 g/mol. The zero-order valence-electron chi connectivity index (χ0n) is 9.49. The van der Waals surface area contributed by atoms with E-state index in [1.807, 2.05) is 0 Å². The Kier molecular flexibility index (Phi) is 4.24. The zero-order chi connectivity index (χ0) is 14.0. The molecular weight excluding hydrogens is 308 g/mol. The van der Waals surface area contributed by atoms with Gasteiger partial charge in [-0.15, -0.1) is 0 Å². The molecule has 0 aromatic heterocycles. The van der Waals surface area contributed by atoms with Crippen LogP contribution in [-0.2, 0) is 0 Å². The van der Waals surface area contributed by atoms with Gasteiger partial charge in [-0.25, -0.2) is 4.39 Å². The Bertz CT molecular complexity index is 649. The quantitative estimate of drug-likeness (QED) is 0.843. The summed E-state index contributed by atoms with van der Waals surface area (Å²) in [6.45, 7) is 0. The molecule has 0 atom stereocenters. The van der Waals surface area contributed by atoms with Gasteiger partial charge in [0, 0.05) is 5.02 Å². The van der Waals surface area contributed by atoms with Crippen LogP contribution >= 0.6 is 35.4 Å². The van der Waals surface area contributed by atoms with Crippen LogP contribution < -0.4 is 10.5 Å². The number of hydrogen-bond donors (Lipinski definition) is 1. The number of ether oxygens (including phenoxy) is 1. The third kappa shape index (κ3) is 3.15. The van der Waals surface area contributed by atoms with E-state index in [1.54, 1.807) is 24.3 Å². The van der Waals surface area contributed by atoms with Crippen molar-refractivity contribution in [3.63, 3.8) is 0 Å². The summed E-state index contributed by atoms with van der Waals surface area (Å²) in [6.07, 6.45) is 0. The van der Waals surface area contributed by atoms with Gasteiger partial charge in [-0.2, -0.15) is 0 Å². The normalized spacial score (nSPS) is 10.3.